The number of esters is 1. The number of ether oxygens (including phenoxy) is 1. The molecule has 116 valence electrons. The summed E-state index contributed by atoms with van der Waals surface area (Å²) in [5.74, 6) is -0.667. The fourth-order valence-corrected chi connectivity index (χ4v) is 2.57. The molecule has 1 aromatic rings. The summed E-state index contributed by atoms with van der Waals surface area (Å²) < 4.78 is 4.83. The molecule has 0 unspecified atom stereocenters. The highest BCUT2D eigenvalue weighted by atomic mass is 35.5. The summed E-state index contributed by atoms with van der Waals surface area (Å²) in [4.78, 5) is 26.3. The van der Waals surface area contributed by atoms with Gasteiger partial charge in [-0.05, 0) is 37.1 Å². The van der Waals surface area contributed by atoms with Crippen LogP contribution in [-0.2, 0) is 14.3 Å². The van der Waals surface area contributed by atoms with E-state index >= 15 is 0 Å². The molecule has 1 amide bonds. The number of carbonyl (C=O) groups excluding carboxylic acids is 2. The molecule has 2 rings (SSSR count). The molecular formula is C17H18ClNO3. The second-order valence-corrected chi connectivity index (χ2v) is 5.45. The summed E-state index contributed by atoms with van der Waals surface area (Å²) in [5, 5.41) is 0.618. The summed E-state index contributed by atoms with van der Waals surface area (Å²) in [6.45, 7) is 4.32. The third-order valence-electron chi connectivity index (χ3n) is 3.53. The summed E-state index contributed by atoms with van der Waals surface area (Å²) in [7, 11) is 1.31. The molecule has 4 nitrogen and oxygen atoms in total. The molecule has 0 radical (unpaired) electrons. The number of carbonyl (C=O) groups is 2. The van der Waals surface area contributed by atoms with E-state index in [0.717, 1.165) is 12.0 Å². The van der Waals surface area contributed by atoms with Crippen LogP contribution < -0.4 is 0 Å². The first-order valence-corrected chi connectivity index (χ1v) is 7.46. The van der Waals surface area contributed by atoms with Crippen molar-refractivity contribution in [2.75, 3.05) is 13.7 Å². The molecule has 0 spiro atoms. The maximum atomic E-state index is 12.6. The third kappa shape index (κ3) is 3.07. The molecule has 22 heavy (non-hydrogen) atoms. The van der Waals surface area contributed by atoms with Gasteiger partial charge in [-0.15, -0.1) is 0 Å². The topological polar surface area (TPSA) is 46.6 Å². The van der Waals surface area contributed by atoms with Crippen molar-refractivity contribution in [2.45, 2.75) is 20.3 Å². The minimum absolute atomic E-state index is 0.172. The van der Waals surface area contributed by atoms with Gasteiger partial charge in [0, 0.05) is 17.3 Å². The third-order valence-corrected chi connectivity index (χ3v) is 3.78. The standard InChI is InChI=1S/C17H18ClNO3/c1-4-9-19-11(2)15(17(21)22-3)14(16(19)20)10-12-5-7-13(18)8-6-12/h5-8,10H,4,9H2,1-3H3/b14-10-. The van der Waals surface area contributed by atoms with Crippen molar-refractivity contribution in [3.05, 3.63) is 51.7 Å². The van der Waals surface area contributed by atoms with Crippen molar-refractivity contribution in [1.82, 2.24) is 4.90 Å². The zero-order chi connectivity index (χ0) is 16.3. The van der Waals surface area contributed by atoms with Gasteiger partial charge in [0.1, 0.15) is 0 Å². The fourth-order valence-electron chi connectivity index (χ4n) is 2.45. The van der Waals surface area contributed by atoms with Crippen LogP contribution in [-0.4, -0.2) is 30.4 Å². The first-order chi connectivity index (χ1) is 10.5. The molecule has 0 aliphatic carbocycles. The highest BCUT2D eigenvalue weighted by molar-refractivity contribution is 6.30. The molecule has 0 saturated carbocycles. The van der Waals surface area contributed by atoms with Crippen LogP contribution in [0.15, 0.2) is 41.1 Å². The van der Waals surface area contributed by atoms with Crippen LogP contribution in [0.4, 0.5) is 0 Å². The van der Waals surface area contributed by atoms with Crippen molar-refractivity contribution < 1.29 is 14.3 Å². The normalized spacial score (nSPS) is 16.6. The van der Waals surface area contributed by atoms with Crippen LogP contribution in [0.25, 0.3) is 6.08 Å². The zero-order valence-corrected chi connectivity index (χ0v) is 13.6. The Morgan fingerprint density at radius 2 is 1.95 bits per heavy atom. The number of hydrogen-bond donors (Lipinski definition) is 0. The summed E-state index contributed by atoms with van der Waals surface area (Å²) in [6, 6.07) is 7.09. The Kier molecular flexibility index (Phi) is 5.03. The fraction of sp³-hybridized carbons (Fsp3) is 0.294. The summed E-state index contributed by atoms with van der Waals surface area (Å²) in [5.41, 5.74) is 2.13. The van der Waals surface area contributed by atoms with E-state index in [9.17, 15) is 9.59 Å². The average Bonchev–Trinajstić information content (AvgIpc) is 2.74. The van der Waals surface area contributed by atoms with Gasteiger partial charge in [0.25, 0.3) is 5.91 Å². The Balaban J connectivity index is 2.49. The predicted octanol–water partition coefficient (Wildman–Crippen LogP) is 3.42. The van der Waals surface area contributed by atoms with Gasteiger partial charge in [0.05, 0.1) is 18.3 Å². The molecule has 1 aromatic carbocycles. The van der Waals surface area contributed by atoms with Crippen molar-refractivity contribution in [2.24, 2.45) is 0 Å². The number of amides is 1. The number of hydrogen-bond acceptors (Lipinski definition) is 3. The van der Waals surface area contributed by atoms with Gasteiger partial charge in [-0.3, -0.25) is 4.79 Å². The Labute approximate surface area is 135 Å². The predicted molar refractivity (Wildman–Crippen MR) is 86.1 cm³/mol. The van der Waals surface area contributed by atoms with Crippen LogP contribution in [0, 0.1) is 0 Å². The molecule has 0 aromatic heterocycles. The first-order valence-electron chi connectivity index (χ1n) is 7.08. The van der Waals surface area contributed by atoms with Crippen molar-refractivity contribution in [1.29, 1.82) is 0 Å². The van der Waals surface area contributed by atoms with E-state index in [0.29, 0.717) is 28.4 Å². The molecule has 1 aliphatic rings. The largest absolute Gasteiger partial charge is 0.465 e. The summed E-state index contributed by atoms with van der Waals surface area (Å²) >= 11 is 5.87. The lowest BCUT2D eigenvalue weighted by molar-refractivity contribution is -0.136. The lowest BCUT2D eigenvalue weighted by Crippen LogP contribution is -2.25. The Morgan fingerprint density at radius 1 is 1.32 bits per heavy atom. The van der Waals surface area contributed by atoms with E-state index in [4.69, 9.17) is 16.3 Å². The van der Waals surface area contributed by atoms with Crippen LogP contribution in [0.5, 0.6) is 0 Å². The number of methoxy groups -OCH3 is 1. The maximum absolute atomic E-state index is 12.6. The van der Waals surface area contributed by atoms with E-state index in [-0.39, 0.29) is 5.91 Å². The van der Waals surface area contributed by atoms with Gasteiger partial charge in [-0.2, -0.15) is 0 Å². The van der Waals surface area contributed by atoms with Gasteiger partial charge in [-0.1, -0.05) is 30.7 Å². The van der Waals surface area contributed by atoms with E-state index in [1.807, 2.05) is 6.92 Å². The van der Waals surface area contributed by atoms with Gasteiger partial charge in [0.15, 0.2) is 0 Å². The highest BCUT2D eigenvalue weighted by Gasteiger charge is 2.36. The molecule has 1 aliphatic heterocycles. The molecule has 0 N–H and O–H groups in total. The number of benzene rings is 1. The van der Waals surface area contributed by atoms with Crippen LogP contribution >= 0.6 is 11.6 Å². The van der Waals surface area contributed by atoms with E-state index in [1.54, 1.807) is 42.2 Å². The lowest BCUT2D eigenvalue weighted by Gasteiger charge is -2.16. The SMILES string of the molecule is CCCN1C(=O)/C(=C\c2ccc(Cl)cc2)C(C(=O)OC)=C1C. The second-order valence-electron chi connectivity index (χ2n) is 5.02. The Bertz CT molecular complexity index is 659. The molecular weight excluding hydrogens is 302 g/mol. The van der Waals surface area contributed by atoms with Crippen molar-refractivity contribution in [3.63, 3.8) is 0 Å². The van der Waals surface area contributed by atoms with E-state index < -0.39 is 5.97 Å². The van der Waals surface area contributed by atoms with Gasteiger partial charge in [-0.25, -0.2) is 4.79 Å². The van der Waals surface area contributed by atoms with E-state index in [1.165, 1.54) is 7.11 Å². The molecule has 0 fully saturated rings. The van der Waals surface area contributed by atoms with Crippen molar-refractivity contribution in [3.8, 4) is 0 Å². The van der Waals surface area contributed by atoms with Crippen molar-refractivity contribution >= 4 is 29.6 Å². The summed E-state index contributed by atoms with van der Waals surface area (Å²) in [6.07, 6.45) is 2.51. The van der Waals surface area contributed by atoms with Gasteiger partial charge < -0.3 is 9.64 Å². The van der Waals surface area contributed by atoms with E-state index in [2.05, 4.69) is 0 Å². The molecule has 1 heterocycles. The monoisotopic (exact) mass is 319 g/mol. The van der Waals surface area contributed by atoms with Crippen LogP contribution in [0.2, 0.25) is 5.02 Å². The Morgan fingerprint density at radius 3 is 2.50 bits per heavy atom. The quantitative estimate of drug-likeness (QED) is 0.631. The minimum atomic E-state index is -0.496. The Hall–Kier alpha value is -2.07. The molecule has 0 saturated heterocycles. The lowest BCUT2D eigenvalue weighted by atomic mass is 10.0. The highest BCUT2D eigenvalue weighted by Crippen LogP contribution is 2.31. The zero-order valence-electron chi connectivity index (χ0n) is 12.9. The second kappa shape index (κ2) is 6.79. The smallest absolute Gasteiger partial charge is 0.340 e. The number of nitrogens with zero attached hydrogens (tertiary/aromatic N) is 1. The van der Waals surface area contributed by atoms with Crippen LogP contribution in [0.1, 0.15) is 25.8 Å². The van der Waals surface area contributed by atoms with Crippen LogP contribution in [0.3, 0.4) is 0 Å². The molecule has 0 atom stereocenters. The number of halogens is 1. The molecule has 0 bridgehead atoms. The number of rotatable bonds is 4. The number of allylic oxidation sites excluding steroid dienone is 1. The van der Waals surface area contributed by atoms with Gasteiger partial charge >= 0.3 is 5.97 Å². The molecule has 5 heteroatoms. The average molecular weight is 320 g/mol. The minimum Gasteiger partial charge on any atom is -0.465 e. The first kappa shape index (κ1) is 16.3. The van der Waals surface area contributed by atoms with Gasteiger partial charge in [0.2, 0.25) is 0 Å². The maximum Gasteiger partial charge on any atom is 0.340 e.